The number of terminal acetylenes is 1. The van der Waals surface area contributed by atoms with E-state index in [0.29, 0.717) is 17.3 Å². The molecule has 0 aliphatic carbocycles. The SMILES string of the molecule is C#CCOc1cc(OC)ccc1-c1cc(N(CC)CC)no1. The molecule has 1 aromatic heterocycles. The fourth-order valence-corrected chi connectivity index (χ4v) is 2.16. The van der Waals surface area contributed by atoms with Gasteiger partial charge in [-0.2, -0.15) is 0 Å². The van der Waals surface area contributed by atoms with Gasteiger partial charge in [-0.25, -0.2) is 0 Å². The van der Waals surface area contributed by atoms with Crippen molar-refractivity contribution in [1.82, 2.24) is 5.16 Å². The molecule has 0 saturated heterocycles. The third-order valence-corrected chi connectivity index (χ3v) is 3.35. The van der Waals surface area contributed by atoms with Crippen LogP contribution < -0.4 is 14.4 Å². The molecule has 0 amide bonds. The first-order valence-electron chi connectivity index (χ1n) is 7.19. The van der Waals surface area contributed by atoms with Crippen LogP contribution in [-0.4, -0.2) is 32.0 Å². The van der Waals surface area contributed by atoms with E-state index >= 15 is 0 Å². The number of anilines is 1. The number of methoxy groups -OCH3 is 1. The van der Waals surface area contributed by atoms with Crippen molar-refractivity contribution in [2.45, 2.75) is 13.8 Å². The minimum absolute atomic E-state index is 0.178. The number of rotatable bonds is 7. The topological polar surface area (TPSA) is 47.7 Å². The molecule has 0 unspecified atom stereocenters. The molecule has 116 valence electrons. The minimum atomic E-state index is 0.178. The molecule has 0 fully saturated rings. The van der Waals surface area contributed by atoms with Gasteiger partial charge < -0.3 is 18.9 Å². The Kier molecular flexibility index (Phi) is 5.31. The highest BCUT2D eigenvalue weighted by atomic mass is 16.5. The van der Waals surface area contributed by atoms with Crippen LogP contribution >= 0.6 is 0 Å². The fourth-order valence-electron chi connectivity index (χ4n) is 2.16. The van der Waals surface area contributed by atoms with Crippen LogP contribution in [0.3, 0.4) is 0 Å². The summed E-state index contributed by atoms with van der Waals surface area (Å²) in [5.41, 5.74) is 0.793. The first-order valence-corrected chi connectivity index (χ1v) is 7.19. The van der Waals surface area contributed by atoms with Crippen molar-refractivity contribution >= 4 is 5.82 Å². The fraction of sp³-hybridized carbons (Fsp3) is 0.353. The first kappa shape index (κ1) is 15.8. The number of aromatic nitrogens is 1. The minimum Gasteiger partial charge on any atom is -0.497 e. The number of nitrogens with zero attached hydrogens (tertiary/aromatic N) is 2. The number of hydrogen-bond donors (Lipinski definition) is 0. The molecule has 5 nitrogen and oxygen atoms in total. The van der Waals surface area contributed by atoms with Crippen LogP contribution in [0.2, 0.25) is 0 Å². The van der Waals surface area contributed by atoms with Gasteiger partial charge in [0.05, 0.1) is 12.7 Å². The van der Waals surface area contributed by atoms with E-state index in [1.807, 2.05) is 18.2 Å². The number of hydrogen-bond acceptors (Lipinski definition) is 5. The van der Waals surface area contributed by atoms with E-state index < -0.39 is 0 Å². The second-order valence-electron chi connectivity index (χ2n) is 4.58. The number of ether oxygens (including phenoxy) is 2. The lowest BCUT2D eigenvalue weighted by molar-refractivity contribution is 0.361. The Labute approximate surface area is 130 Å². The molecule has 2 aromatic rings. The monoisotopic (exact) mass is 300 g/mol. The van der Waals surface area contributed by atoms with Gasteiger partial charge in [0.1, 0.15) is 18.1 Å². The van der Waals surface area contributed by atoms with E-state index in [1.165, 1.54) is 0 Å². The maximum absolute atomic E-state index is 5.59. The zero-order valence-corrected chi connectivity index (χ0v) is 13.1. The summed E-state index contributed by atoms with van der Waals surface area (Å²) in [6, 6.07) is 7.40. The number of benzene rings is 1. The lowest BCUT2D eigenvalue weighted by Gasteiger charge is -2.15. The summed E-state index contributed by atoms with van der Waals surface area (Å²) in [6.07, 6.45) is 5.27. The largest absolute Gasteiger partial charge is 0.497 e. The molecular weight excluding hydrogens is 280 g/mol. The lowest BCUT2D eigenvalue weighted by atomic mass is 10.1. The van der Waals surface area contributed by atoms with Crippen molar-refractivity contribution in [3.63, 3.8) is 0 Å². The van der Waals surface area contributed by atoms with Crippen LogP contribution in [0.4, 0.5) is 5.82 Å². The maximum atomic E-state index is 5.59. The molecule has 1 aromatic carbocycles. The average Bonchev–Trinajstić information content (AvgIpc) is 3.03. The molecule has 0 spiro atoms. The van der Waals surface area contributed by atoms with Crippen molar-refractivity contribution in [3.8, 4) is 35.2 Å². The lowest BCUT2D eigenvalue weighted by Crippen LogP contribution is -2.21. The molecular formula is C17H20N2O3. The van der Waals surface area contributed by atoms with E-state index in [0.717, 1.165) is 24.5 Å². The summed E-state index contributed by atoms with van der Waals surface area (Å²) in [5.74, 6) is 5.20. The zero-order valence-electron chi connectivity index (χ0n) is 13.1. The van der Waals surface area contributed by atoms with Crippen LogP contribution in [-0.2, 0) is 0 Å². The Balaban J connectivity index is 2.37. The van der Waals surface area contributed by atoms with Gasteiger partial charge in [0, 0.05) is 25.2 Å². The zero-order chi connectivity index (χ0) is 15.9. The van der Waals surface area contributed by atoms with Crippen LogP contribution in [0.1, 0.15) is 13.8 Å². The van der Waals surface area contributed by atoms with Crippen molar-refractivity contribution in [1.29, 1.82) is 0 Å². The van der Waals surface area contributed by atoms with E-state index in [4.69, 9.17) is 20.4 Å². The van der Waals surface area contributed by atoms with E-state index in [2.05, 4.69) is 29.8 Å². The van der Waals surface area contributed by atoms with Crippen LogP contribution in [0.25, 0.3) is 11.3 Å². The molecule has 0 aliphatic rings. The Hall–Kier alpha value is -2.61. The molecule has 0 N–H and O–H groups in total. The van der Waals surface area contributed by atoms with Crippen molar-refractivity contribution in [2.75, 3.05) is 31.7 Å². The van der Waals surface area contributed by atoms with Gasteiger partial charge in [-0.05, 0) is 26.0 Å². The van der Waals surface area contributed by atoms with Gasteiger partial charge >= 0.3 is 0 Å². The molecule has 5 heteroatoms. The van der Waals surface area contributed by atoms with Crippen LogP contribution in [0.15, 0.2) is 28.8 Å². The predicted octanol–water partition coefficient (Wildman–Crippen LogP) is 3.21. The molecule has 0 aliphatic heterocycles. The van der Waals surface area contributed by atoms with Crippen LogP contribution in [0, 0.1) is 12.3 Å². The first-order chi connectivity index (χ1) is 10.7. The average molecular weight is 300 g/mol. The Morgan fingerprint density at radius 2 is 2.05 bits per heavy atom. The molecule has 1 heterocycles. The summed E-state index contributed by atoms with van der Waals surface area (Å²) in [7, 11) is 1.60. The van der Waals surface area contributed by atoms with Crippen LogP contribution in [0.5, 0.6) is 11.5 Å². The summed E-state index contributed by atoms with van der Waals surface area (Å²) >= 11 is 0. The van der Waals surface area contributed by atoms with Crippen molar-refractivity contribution in [2.24, 2.45) is 0 Å². The van der Waals surface area contributed by atoms with Gasteiger partial charge in [0.2, 0.25) is 0 Å². The Morgan fingerprint density at radius 1 is 1.27 bits per heavy atom. The summed E-state index contributed by atoms with van der Waals surface area (Å²) in [6.45, 7) is 6.06. The Bertz CT molecular complexity index is 654. The molecule has 0 saturated carbocycles. The third kappa shape index (κ3) is 3.34. The normalized spacial score (nSPS) is 10.1. The standard InChI is InChI=1S/C17H20N2O3/c1-5-10-21-15-11-13(20-4)8-9-14(15)16-12-17(18-22-16)19(6-2)7-3/h1,8-9,11-12H,6-7,10H2,2-4H3. The van der Waals surface area contributed by atoms with Crippen molar-refractivity contribution < 1.29 is 14.0 Å². The summed E-state index contributed by atoms with van der Waals surface area (Å²) < 4.78 is 16.3. The highest BCUT2D eigenvalue weighted by molar-refractivity contribution is 5.69. The second-order valence-corrected chi connectivity index (χ2v) is 4.58. The van der Waals surface area contributed by atoms with Gasteiger partial charge in [-0.3, -0.25) is 0 Å². The van der Waals surface area contributed by atoms with E-state index in [1.54, 1.807) is 13.2 Å². The van der Waals surface area contributed by atoms with Gasteiger partial charge in [0.25, 0.3) is 0 Å². The summed E-state index contributed by atoms with van der Waals surface area (Å²) in [5, 5.41) is 4.12. The van der Waals surface area contributed by atoms with E-state index in [9.17, 15) is 0 Å². The van der Waals surface area contributed by atoms with Crippen molar-refractivity contribution in [3.05, 3.63) is 24.3 Å². The summed E-state index contributed by atoms with van der Waals surface area (Å²) in [4.78, 5) is 2.11. The maximum Gasteiger partial charge on any atom is 0.172 e. The predicted molar refractivity (Wildman–Crippen MR) is 86.4 cm³/mol. The van der Waals surface area contributed by atoms with Gasteiger partial charge in [-0.15, -0.1) is 6.42 Å². The van der Waals surface area contributed by atoms with Gasteiger partial charge in [0.15, 0.2) is 11.6 Å². The highest BCUT2D eigenvalue weighted by Crippen LogP contribution is 2.35. The third-order valence-electron chi connectivity index (χ3n) is 3.35. The molecule has 2 rings (SSSR count). The van der Waals surface area contributed by atoms with Gasteiger partial charge in [-0.1, -0.05) is 11.1 Å². The Morgan fingerprint density at radius 3 is 2.68 bits per heavy atom. The molecule has 0 bridgehead atoms. The van der Waals surface area contributed by atoms with E-state index in [-0.39, 0.29) is 6.61 Å². The quantitative estimate of drug-likeness (QED) is 0.735. The second kappa shape index (κ2) is 7.41. The molecule has 22 heavy (non-hydrogen) atoms. The molecule has 0 radical (unpaired) electrons. The smallest absolute Gasteiger partial charge is 0.172 e. The highest BCUT2D eigenvalue weighted by Gasteiger charge is 2.15. The molecule has 0 atom stereocenters.